The second-order valence-electron chi connectivity index (χ2n) is 8.35. The van der Waals surface area contributed by atoms with Crippen LogP contribution >= 0.6 is 0 Å². The minimum atomic E-state index is -0.146. The lowest BCUT2D eigenvalue weighted by atomic mass is 9.86. The van der Waals surface area contributed by atoms with Crippen LogP contribution in [-0.2, 0) is 0 Å². The van der Waals surface area contributed by atoms with Crippen LogP contribution in [0.2, 0.25) is 0 Å². The smallest absolute Gasteiger partial charge is 0.319 e. The molecule has 3 N–H and O–H groups in total. The minimum Gasteiger partial charge on any atom is -0.362 e. The summed E-state index contributed by atoms with van der Waals surface area (Å²) in [6, 6.07) is 17.8. The van der Waals surface area contributed by atoms with Crippen LogP contribution in [0.25, 0.3) is 10.9 Å². The van der Waals surface area contributed by atoms with E-state index in [1.165, 1.54) is 0 Å². The van der Waals surface area contributed by atoms with Gasteiger partial charge in [-0.1, -0.05) is 30.3 Å². The van der Waals surface area contributed by atoms with Crippen molar-refractivity contribution in [3.8, 4) is 0 Å². The van der Waals surface area contributed by atoms with Crippen LogP contribution in [0.15, 0.2) is 54.6 Å². The Hall–Kier alpha value is -3.35. The Morgan fingerprint density at radius 3 is 2.42 bits per heavy atom. The van der Waals surface area contributed by atoms with E-state index in [4.69, 9.17) is 9.97 Å². The number of hydrogen-bond donors (Lipinski definition) is 3. The molecule has 31 heavy (non-hydrogen) atoms. The molecule has 0 saturated heterocycles. The van der Waals surface area contributed by atoms with E-state index in [2.05, 4.69) is 22.0 Å². The second kappa shape index (κ2) is 9.64. The number of benzene rings is 2. The average Bonchev–Trinajstić information content (AvgIpc) is 2.78. The highest BCUT2D eigenvalue weighted by Crippen LogP contribution is 2.28. The van der Waals surface area contributed by atoms with Crippen molar-refractivity contribution in [3.63, 3.8) is 0 Å². The van der Waals surface area contributed by atoms with Gasteiger partial charge in [0.05, 0.1) is 5.52 Å². The van der Waals surface area contributed by atoms with E-state index in [1.54, 1.807) is 0 Å². The summed E-state index contributed by atoms with van der Waals surface area (Å²) < 4.78 is 0. The monoisotopic (exact) mass is 418 g/mol. The lowest BCUT2D eigenvalue weighted by Crippen LogP contribution is -2.36. The van der Waals surface area contributed by atoms with Crippen molar-refractivity contribution >= 4 is 34.4 Å². The number of hydrogen-bond acceptors (Lipinski definition) is 5. The van der Waals surface area contributed by atoms with Gasteiger partial charge in [-0.15, -0.1) is 0 Å². The molecule has 7 nitrogen and oxygen atoms in total. The van der Waals surface area contributed by atoms with Crippen LogP contribution in [0.1, 0.15) is 25.7 Å². The zero-order valence-electron chi connectivity index (χ0n) is 18.1. The number of nitrogens with one attached hydrogen (secondary N) is 3. The number of amides is 2. The molecule has 1 aliphatic carbocycles. The number of urea groups is 1. The van der Waals surface area contributed by atoms with Crippen LogP contribution in [0.5, 0.6) is 0 Å². The van der Waals surface area contributed by atoms with E-state index in [0.29, 0.717) is 24.5 Å². The van der Waals surface area contributed by atoms with Gasteiger partial charge in [0.15, 0.2) is 0 Å². The van der Waals surface area contributed by atoms with Gasteiger partial charge in [-0.2, -0.15) is 4.98 Å². The first-order chi connectivity index (χ1) is 15.1. The van der Waals surface area contributed by atoms with Gasteiger partial charge >= 0.3 is 6.03 Å². The molecule has 1 aromatic heterocycles. The van der Waals surface area contributed by atoms with Gasteiger partial charge in [0.1, 0.15) is 5.82 Å². The predicted molar refractivity (Wildman–Crippen MR) is 127 cm³/mol. The molecule has 2 aromatic carbocycles. The fourth-order valence-corrected chi connectivity index (χ4v) is 4.09. The summed E-state index contributed by atoms with van der Waals surface area (Å²) in [6.45, 7) is 0.697. The highest BCUT2D eigenvalue weighted by Gasteiger charge is 2.22. The molecule has 7 heteroatoms. The molecule has 1 aliphatic rings. The lowest BCUT2D eigenvalue weighted by molar-refractivity contribution is 0.246. The van der Waals surface area contributed by atoms with E-state index < -0.39 is 0 Å². The largest absolute Gasteiger partial charge is 0.362 e. The lowest BCUT2D eigenvalue weighted by Gasteiger charge is -2.29. The first-order valence-electron chi connectivity index (χ1n) is 10.9. The van der Waals surface area contributed by atoms with Crippen molar-refractivity contribution < 1.29 is 4.79 Å². The van der Waals surface area contributed by atoms with E-state index in [0.717, 1.165) is 48.1 Å². The molecule has 1 saturated carbocycles. The third kappa shape index (κ3) is 5.42. The van der Waals surface area contributed by atoms with E-state index in [1.807, 2.05) is 67.5 Å². The van der Waals surface area contributed by atoms with Crippen LogP contribution in [0.4, 0.5) is 22.2 Å². The predicted octanol–water partition coefficient (Wildman–Crippen LogP) is 4.49. The van der Waals surface area contributed by atoms with Crippen LogP contribution in [0, 0.1) is 5.92 Å². The standard InChI is InChI=1S/C24H30N6O/c1-30(2)22-20-10-6-7-11-21(20)28-23(29-22)26-19-14-12-17(13-15-19)16-25-24(31)27-18-8-4-3-5-9-18/h3-11,17,19H,12-16H2,1-2H3,(H2,25,27,31)(H,26,28,29)/t17-,19+. The summed E-state index contributed by atoms with van der Waals surface area (Å²) in [7, 11) is 4.01. The van der Waals surface area contributed by atoms with E-state index in [9.17, 15) is 4.79 Å². The van der Waals surface area contributed by atoms with Gasteiger partial charge < -0.3 is 20.9 Å². The first kappa shape index (κ1) is 20.9. The van der Waals surface area contributed by atoms with Gasteiger partial charge in [-0.05, 0) is 55.9 Å². The Labute approximate surface area is 183 Å². The van der Waals surface area contributed by atoms with Crippen LogP contribution < -0.4 is 20.9 Å². The normalized spacial score (nSPS) is 18.4. The van der Waals surface area contributed by atoms with Gasteiger partial charge in [0.25, 0.3) is 0 Å². The third-order valence-electron chi connectivity index (χ3n) is 5.77. The van der Waals surface area contributed by atoms with Gasteiger partial charge in [0, 0.05) is 37.8 Å². The fourth-order valence-electron chi connectivity index (χ4n) is 4.09. The molecule has 0 atom stereocenters. The number of carbonyl (C=O) groups is 1. The summed E-state index contributed by atoms with van der Waals surface area (Å²) in [5.41, 5.74) is 1.76. The Balaban J connectivity index is 1.28. The Bertz CT molecular complexity index is 1020. The zero-order valence-corrected chi connectivity index (χ0v) is 18.1. The summed E-state index contributed by atoms with van der Waals surface area (Å²) >= 11 is 0. The molecule has 162 valence electrons. The maximum Gasteiger partial charge on any atom is 0.319 e. The Kier molecular flexibility index (Phi) is 6.50. The van der Waals surface area contributed by atoms with Gasteiger partial charge in [0.2, 0.25) is 5.95 Å². The maximum atomic E-state index is 12.1. The highest BCUT2D eigenvalue weighted by molar-refractivity contribution is 5.90. The van der Waals surface area contributed by atoms with Crippen molar-refractivity contribution in [3.05, 3.63) is 54.6 Å². The molecule has 1 heterocycles. The first-order valence-corrected chi connectivity index (χ1v) is 10.9. The van der Waals surface area contributed by atoms with Crippen molar-refractivity contribution in [1.82, 2.24) is 15.3 Å². The molecule has 2 amide bonds. The molecule has 4 rings (SSSR count). The van der Waals surface area contributed by atoms with Gasteiger partial charge in [-0.3, -0.25) is 0 Å². The van der Waals surface area contributed by atoms with E-state index >= 15 is 0 Å². The molecular weight excluding hydrogens is 388 g/mol. The maximum absolute atomic E-state index is 12.1. The fraction of sp³-hybridized carbons (Fsp3) is 0.375. The molecule has 3 aromatic rings. The van der Waals surface area contributed by atoms with Crippen molar-refractivity contribution in [2.75, 3.05) is 36.2 Å². The van der Waals surface area contributed by atoms with Crippen LogP contribution in [-0.4, -0.2) is 42.7 Å². The number of para-hydroxylation sites is 2. The molecule has 0 aliphatic heterocycles. The molecule has 0 spiro atoms. The number of rotatable bonds is 6. The molecular formula is C24H30N6O. The SMILES string of the molecule is CN(C)c1nc(N[C@H]2CC[C@@H](CNC(=O)Nc3ccccc3)CC2)nc2ccccc12. The number of anilines is 3. The van der Waals surface area contributed by atoms with Crippen molar-refractivity contribution in [2.24, 2.45) is 5.92 Å². The summed E-state index contributed by atoms with van der Waals surface area (Å²) in [5.74, 6) is 2.11. The molecule has 0 bridgehead atoms. The number of nitrogens with zero attached hydrogens (tertiary/aromatic N) is 3. The van der Waals surface area contributed by atoms with Crippen molar-refractivity contribution in [2.45, 2.75) is 31.7 Å². The third-order valence-corrected chi connectivity index (χ3v) is 5.77. The number of fused-ring (bicyclic) bond motifs is 1. The minimum absolute atomic E-state index is 0.146. The Morgan fingerprint density at radius 1 is 0.968 bits per heavy atom. The molecule has 0 radical (unpaired) electrons. The van der Waals surface area contributed by atoms with Crippen molar-refractivity contribution in [1.29, 1.82) is 0 Å². The number of carbonyl (C=O) groups excluding carboxylic acids is 1. The molecule has 0 unspecified atom stereocenters. The van der Waals surface area contributed by atoms with Gasteiger partial charge in [-0.25, -0.2) is 9.78 Å². The zero-order chi connectivity index (χ0) is 21.6. The Morgan fingerprint density at radius 2 is 1.68 bits per heavy atom. The summed E-state index contributed by atoms with van der Waals surface area (Å²) in [4.78, 5) is 23.6. The van der Waals surface area contributed by atoms with Crippen LogP contribution in [0.3, 0.4) is 0 Å². The summed E-state index contributed by atoms with van der Waals surface area (Å²) in [5, 5.41) is 10.5. The van der Waals surface area contributed by atoms with E-state index in [-0.39, 0.29) is 6.03 Å². The highest BCUT2D eigenvalue weighted by atomic mass is 16.2. The topological polar surface area (TPSA) is 82.2 Å². The average molecular weight is 419 g/mol. The molecule has 1 fully saturated rings. The quantitative estimate of drug-likeness (QED) is 0.549. The summed E-state index contributed by atoms with van der Waals surface area (Å²) in [6.07, 6.45) is 4.22. The number of aromatic nitrogens is 2. The second-order valence-corrected chi connectivity index (χ2v) is 8.35.